The van der Waals surface area contributed by atoms with Gasteiger partial charge in [-0.15, -0.1) is 0 Å². The number of carboxylic acid groups (broad SMARTS) is 1. The van der Waals surface area contributed by atoms with E-state index in [1.165, 1.54) is 28.6 Å². The third-order valence-corrected chi connectivity index (χ3v) is 7.59. The number of para-hydroxylation sites is 1. The SMILES string of the molecule is Cc1c(N(Cc2cc3ccccc3[nH]2)S(=O)(=O)c2ccc(C(=O)[O-])cc2)ncc2ccccc12.[Na+]. The van der Waals surface area contributed by atoms with Crippen LogP contribution in [0.4, 0.5) is 5.82 Å². The molecular weight excluding hydrogens is 473 g/mol. The Balaban J connectivity index is 0.00000289. The van der Waals surface area contributed by atoms with Gasteiger partial charge in [-0.25, -0.2) is 17.7 Å². The maximum absolute atomic E-state index is 13.8. The Morgan fingerprint density at radius 2 is 1.63 bits per heavy atom. The van der Waals surface area contributed by atoms with Crippen LogP contribution in [0.5, 0.6) is 0 Å². The maximum atomic E-state index is 13.8. The Labute approximate surface area is 224 Å². The van der Waals surface area contributed by atoms with Crippen molar-refractivity contribution in [1.82, 2.24) is 9.97 Å². The number of anilines is 1. The number of hydrogen-bond acceptors (Lipinski definition) is 5. The second-order valence-electron chi connectivity index (χ2n) is 8.00. The van der Waals surface area contributed by atoms with Gasteiger partial charge in [0.05, 0.1) is 17.4 Å². The van der Waals surface area contributed by atoms with E-state index in [1.807, 2.05) is 61.5 Å². The van der Waals surface area contributed by atoms with Crippen LogP contribution >= 0.6 is 0 Å². The number of carboxylic acids is 1. The monoisotopic (exact) mass is 493 g/mol. The molecule has 3 aromatic carbocycles. The number of benzene rings is 3. The van der Waals surface area contributed by atoms with Crippen LogP contribution in [0.3, 0.4) is 0 Å². The van der Waals surface area contributed by atoms with Gasteiger partial charge in [-0.1, -0.05) is 54.6 Å². The summed E-state index contributed by atoms with van der Waals surface area (Å²) in [6.45, 7) is 1.86. The van der Waals surface area contributed by atoms with E-state index in [0.29, 0.717) is 11.5 Å². The average Bonchev–Trinajstić information content (AvgIpc) is 3.26. The van der Waals surface area contributed by atoms with Gasteiger partial charge in [-0.2, -0.15) is 0 Å². The smallest absolute Gasteiger partial charge is 0.545 e. The number of pyridine rings is 1. The van der Waals surface area contributed by atoms with Crippen molar-refractivity contribution in [2.45, 2.75) is 18.4 Å². The van der Waals surface area contributed by atoms with E-state index in [-0.39, 0.29) is 46.6 Å². The van der Waals surface area contributed by atoms with Crippen molar-refractivity contribution in [3.63, 3.8) is 0 Å². The van der Waals surface area contributed by atoms with Crippen LogP contribution in [0.1, 0.15) is 21.6 Å². The summed E-state index contributed by atoms with van der Waals surface area (Å²) in [7, 11) is -4.09. The molecule has 5 aromatic rings. The van der Waals surface area contributed by atoms with Gasteiger partial charge in [-0.05, 0) is 47.5 Å². The number of carbonyl (C=O) groups is 1. The Kier molecular flexibility index (Phi) is 7.00. The van der Waals surface area contributed by atoms with E-state index >= 15 is 0 Å². The number of aromatic nitrogens is 2. The number of sulfonamides is 1. The van der Waals surface area contributed by atoms with Crippen LogP contribution in [-0.4, -0.2) is 24.4 Å². The van der Waals surface area contributed by atoms with E-state index < -0.39 is 16.0 Å². The largest absolute Gasteiger partial charge is 1.00 e. The fraction of sp³-hybridized carbons (Fsp3) is 0.0769. The van der Waals surface area contributed by atoms with Crippen molar-refractivity contribution in [2.75, 3.05) is 4.31 Å². The van der Waals surface area contributed by atoms with Crippen LogP contribution in [-0.2, 0) is 16.6 Å². The van der Waals surface area contributed by atoms with Gasteiger partial charge in [-0.3, -0.25) is 0 Å². The molecule has 0 aliphatic heterocycles. The zero-order chi connectivity index (χ0) is 23.9. The van der Waals surface area contributed by atoms with E-state index in [0.717, 1.165) is 27.2 Å². The maximum Gasteiger partial charge on any atom is 1.00 e. The minimum Gasteiger partial charge on any atom is -0.545 e. The van der Waals surface area contributed by atoms with Gasteiger partial charge < -0.3 is 14.9 Å². The summed E-state index contributed by atoms with van der Waals surface area (Å²) in [5.74, 6) is -1.06. The topological polar surface area (TPSA) is 106 Å². The fourth-order valence-electron chi connectivity index (χ4n) is 4.09. The molecule has 0 saturated heterocycles. The van der Waals surface area contributed by atoms with Crippen molar-refractivity contribution < 1.29 is 47.9 Å². The summed E-state index contributed by atoms with van der Waals surface area (Å²) in [6.07, 6.45) is 1.66. The van der Waals surface area contributed by atoms with Gasteiger partial charge in [0.1, 0.15) is 5.82 Å². The summed E-state index contributed by atoms with van der Waals surface area (Å²) in [6, 6.07) is 22.3. The second kappa shape index (κ2) is 9.83. The predicted octanol–water partition coefficient (Wildman–Crippen LogP) is 0.788. The molecule has 0 aliphatic rings. The minimum atomic E-state index is -4.09. The molecule has 2 aromatic heterocycles. The molecule has 0 fully saturated rings. The summed E-state index contributed by atoms with van der Waals surface area (Å²) in [5.41, 5.74) is 2.23. The van der Waals surface area contributed by atoms with Crippen molar-refractivity contribution in [3.05, 3.63) is 102 Å². The molecule has 0 amide bonds. The molecule has 0 atom stereocenters. The Morgan fingerprint density at radius 1 is 0.971 bits per heavy atom. The first kappa shape index (κ1) is 24.9. The molecule has 0 bridgehead atoms. The van der Waals surface area contributed by atoms with Crippen molar-refractivity contribution in [3.8, 4) is 0 Å². The third-order valence-electron chi connectivity index (χ3n) is 5.84. The number of rotatable bonds is 6. The number of aromatic amines is 1. The molecule has 0 spiro atoms. The van der Waals surface area contributed by atoms with Gasteiger partial charge in [0, 0.05) is 28.4 Å². The number of nitrogens with one attached hydrogen (secondary N) is 1. The minimum absolute atomic E-state index is 0. The number of aryl methyl sites for hydroxylation is 1. The predicted molar refractivity (Wildman–Crippen MR) is 129 cm³/mol. The number of H-pyrrole nitrogens is 1. The summed E-state index contributed by atoms with van der Waals surface area (Å²) in [4.78, 5) is 18.9. The number of hydrogen-bond donors (Lipinski definition) is 1. The van der Waals surface area contributed by atoms with Crippen molar-refractivity contribution >= 4 is 43.5 Å². The van der Waals surface area contributed by atoms with Crippen molar-refractivity contribution in [1.29, 1.82) is 0 Å². The van der Waals surface area contributed by atoms with Gasteiger partial charge in [0.25, 0.3) is 10.0 Å². The van der Waals surface area contributed by atoms with E-state index in [2.05, 4.69) is 9.97 Å². The molecule has 170 valence electrons. The number of aromatic carboxylic acids is 1. The summed E-state index contributed by atoms with van der Waals surface area (Å²) < 4.78 is 28.9. The molecule has 0 unspecified atom stereocenters. The molecule has 0 saturated carbocycles. The first-order chi connectivity index (χ1) is 16.3. The first-order valence-electron chi connectivity index (χ1n) is 10.6. The Morgan fingerprint density at radius 3 is 2.31 bits per heavy atom. The zero-order valence-corrected chi connectivity index (χ0v) is 22.0. The molecule has 9 heteroatoms. The number of carbonyl (C=O) groups excluding carboxylic acids is 1. The van der Waals surface area contributed by atoms with Crippen LogP contribution in [0, 0.1) is 6.92 Å². The molecule has 1 N–H and O–H groups in total. The third kappa shape index (κ3) is 4.70. The van der Waals surface area contributed by atoms with Crippen LogP contribution < -0.4 is 39.0 Å². The zero-order valence-electron chi connectivity index (χ0n) is 19.2. The van der Waals surface area contributed by atoms with Gasteiger partial charge in [0.15, 0.2) is 0 Å². The van der Waals surface area contributed by atoms with Crippen LogP contribution in [0.2, 0.25) is 0 Å². The molecule has 0 radical (unpaired) electrons. The Hall–Kier alpha value is -3.17. The quantitative estimate of drug-likeness (QED) is 0.352. The van der Waals surface area contributed by atoms with Gasteiger partial charge in [0.2, 0.25) is 0 Å². The van der Waals surface area contributed by atoms with Gasteiger partial charge >= 0.3 is 29.6 Å². The molecule has 7 nitrogen and oxygen atoms in total. The standard InChI is InChI=1S/C26H21N3O4S.Na/c1-17-23-8-4-2-7-20(23)15-27-25(17)29(16-21-14-19-6-3-5-9-24(19)28-21)34(32,33)22-12-10-18(11-13-22)26(30)31;/h2-15,28H,16H2,1H3,(H,30,31);/q;+1/p-1. The normalized spacial score (nSPS) is 11.3. The molecular formula is C26H20N3NaO4S. The van der Waals surface area contributed by atoms with Crippen LogP contribution in [0.15, 0.2) is 90.0 Å². The molecule has 35 heavy (non-hydrogen) atoms. The second-order valence-corrected chi connectivity index (χ2v) is 9.86. The van der Waals surface area contributed by atoms with Crippen LogP contribution in [0.25, 0.3) is 21.7 Å². The van der Waals surface area contributed by atoms with E-state index in [1.54, 1.807) is 6.20 Å². The fourth-order valence-corrected chi connectivity index (χ4v) is 5.54. The number of fused-ring (bicyclic) bond motifs is 2. The number of nitrogens with zero attached hydrogens (tertiary/aromatic N) is 2. The summed E-state index contributed by atoms with van der Waals surface area (Å²) >= 11 is 0. The molecule has 5 rings (SSSR count). The molecule has 2 heterocycles. The summed E-state index contributed by atoms with van der Waals surface area (Å²) in [5, 5.41) is 13.9. The van der Waals surface area contributed by atoms with E-state index in [4.69, 9.17) is 0 Å². The van der Waals surface area contributed by atoms with E-state index in [9.17, 15) is 18.3 Å². The first-order valence-corrected chi connectivity index (χ1v) is 12.0. The average molecular weight is 494 g/mol. The Bertz CT molecular complexity index is 1610. The molecule has 0 aliphatic carbocycles. The van der Waals surface area contributed by atoms with Crippen molar-refractivity contribution in [2.24, 2.45) is 0 Å².